The van der Waals surface area contributed by atoms with Gasteiger partial charge in [-0.1, -0.05) is 20.8 Å². The van der Waals surface area contributed by atoms with E-state index in [4.69, 9.17) is 9.47 Å². The van der Waals surface area contributed by atoms with E-state index in [-0.39, 0.29) is 29.9 Å². The molecule has 0 saturated carbocycles. The first-order valence-electron chi connectivity index (χ1n) is 11.4. The molecule has 0 spiro atoms. The van der Waals surface area contributed by atoms with E-state index in [1.165, 1.54) is 0 Å². The van der Waals surface area contributed by atoms with Gasteiger partial charge in [0.2, 0.25) is 5.91 Å². The first-order valence-corrected chi connectivity index (χ1v) is 11.4. The fourth-order valence-corrected chi connectivity index (χ4v) is 3.98. The predicted molar refractivity (Wildman–Crippen MR) is 124 cm³/mol. The summed E-state index contributed by atoms with van der Waals surface area (Å²) in [5, 5.41) is 2.88. The molecule has 0 aromatic heterocycles. The highest BCUT2D eigenvalue weighted by atomic mass is 16.5. The molecule has 174 valence electrons. The lowest BCUT2D eigenvalue weighted by Gasteiger charge is -2.35. The van der Waals surface area contributed by atoms with Crippen LogP contribution in [0.5, 0.6) is 5.75 Å². The first-order chi connectivity index (χ1) is 14.8. The number of anilines is 1. The number of nitrogens with zero attached hydrogens (tertiary/aromatic N) is 2. The Labute approximate surface area is 187 Å². The molecule has 0 fully saturated rings. The Kier molecular flexibility index (Phi) is 9.78. The summed E-state index contributed by atoms with van der Waals surface area (Å²) < 4.78 is 11.9. The SMILES string of the molecule is CCCC(=O)Nc1ccc2c(c1)C(=O)N(C)C[C@H](OC)[C@H](C)CN(CCC)[C@H](C)CO2. The molecule has 1 aliphatic heterocycles. The fraction of sp³-hybridized carbons (Fsp3) is 0.667. The van der Waals surface area contributed by atoms with Crippen LogP contribution in [0.3, 0.4) is 0 Å². The number of carbonyl (C=O) groups excluding carboxylic acids is 2. The lowest BCUT2D eigenvalue weighted by Crippen LogP contribution is -2.46. The molecule has 3 atom stereocenters. The minimum absolute atomic E-state index is 0.0607. The molecule has 0 bridgehead atoms. The molecule has 0 saturated heterocycles. The number of fused-ring (bicyclic) bond motifs is 1. The summed E-state index contributed by atoms with van der Waals surface area (Å²) in [7, 11) is 3.49. The quantitative estimate of drug-likeness (QED) is 0.742. The van der Waals surface area contributed by atoms with Crippen LogP contribution < -0.4 is 10.1 Å². The molecule has 7 heteroatoms. The van der Waals surface area contributed by atoms with Crippen molar-refractivity contribution in [2.24, 2.45) is 5.92 Å². The second kappa shape index (κ2) is 12.1. The zero-order valence-corrected chi connectivity index (χ0v) is 19.9. The number of methoxy groups -OCH3 is 1. The largest absolute Gasteiger partial charge is 0.491 e. The zero-order valence-electron chi connectivity index (χ0n) is 19.9. The summed E-state index contributed by atoms with van der Waals surface area (Å²) in [5.41, 5.74) is 1.06. The summed E-state index contributed by atoms with van der Waals surface area (Å²) in [4.78, 5) is 29.4. The molecule has 7 nitrogen and oxygen atoms in total. The van der Waals surface area contributed by atoms with Crippen LogP contribution in [0.1, 0.15) is 57.3 Å². The average Bonchev–Trinajstić information content (AvgIpc) is 2.74. The fourth-order valence-electron chi connectivity index (χ4n) is 3.98. The lowest BCUT2D eigenvalue weighted by molar-refractivity contribution is -0.116. The number of ether oxygens (including phenoxy) is 2. The molecule has 2 rings (SSSR count). The van der Waals surface area contributed by atoms with Crippen molar-refractivity contribution in [2.75, 3.05) is 45.7 Å². The molecule has 1 aromatic rings. The van der Waals surface area contributed by atoms with E-state index in [0.29, 0.717) is 36.6 Å². The van der Waals surface area contributed by atoms with Crippen LogP contribution in [0, 0.1) is 5.92 Å². The highest BCUT2D eigenvalue weighted by Crippen LogP contribution is 2.26. The second-order valence-corrected chi connectivity index (χ2v) is 8.60. The van der Waals surface area contributed by atoms with Crippen LogP contribution in [0.2, 0.25) is 0 Å². The maximum absolute atomic E-state index is 13.3. The van der Waals surface area contributed by atoms with E-state index in [2.05, 4.69) is 31.0 Å². The maximum Gasteiger partial charge on any atom is 0.257 e. The molecular formula is C24H39N3O4. The molecule has 31 heavy (non-hydrogen) atoms. The normalized spacial score (nSPS) is 23.4. The Balaban J connectivity index is 2.38. The molecule has 1 aliphatic rings. The van der Waals surface area contributed by atoms with E-state index in [0.717, 1.165) is 25.9 Å². The Morgan fingerprint density at radius 1 is 1.23 bits per heavy atom. The van der Waals surface area contributed by atoms with Gasteiger partial charge in [-0.05, 0) is 50.4 Å². The molecular weight excluding hydrogens is 394 g/mol. The molecule has 0 unspecified atom stereocenters. The van der Waals surface area contributed by atoms with Crippen molar-refractivity contribution in [1.29, 1.82) is 0 Å². The highest BCUT2D eigenvalue weighted by molar-refractivity contribution is 5.99. The summed E-state index contributed by atoms with van der Waals surface area (Å²) in [6, 6.07) is 5.48. The van der Waals surface area contributed by atoms with Crippen LogP contribution in [-0.4, -0.2) is 74.2 Å². The number of rotatable bonds is 6. The van der Waals surface area contributed by atoms with Crippen LogP contribution in [-0.2, 0) is 9.53 Å². The number of hydrogen-bond acceptors (Lipinski definition) is 5. The average molecular weight is 434 g/mol. The van der Waals surface area contributed by atoms with Gasteiger partial charge in [0.05, 0.1) is 11.7 Å². The number of benzene rings is 1. The van der Waals surface area contributed by atoms with Crippen molar-refractivity contribution >= 4 is 17.5 Å². The molecule has 1 heterocycles. The van der Waals surface area contributed by atoms with Crippen LogP contribution in [0.4, 0.5) is 5.69 Å². The van der Waals surface area contributed by atoms with E-state index in [1.54, 1.807) is 37.3 Å². The van der Waals surface area contributed by atoms with E-state index in [9.17, 15) is 9.59 Å². The topological polar surface area (TPSA) is 71.1 Å². The Hall–Kier alpha value is -2.12. The van der Waals surface area contributed by atoms with Crippen molar-refractivity contribution in [1.82, 2.24) is 9.80 Å². The Morgan fingerprint density at radius 2 is 1.97 bits per heavy atom. The summed E-state index contributed by atoms with van der Waals surface area (Å²) >= 11 is 0. The summed E-state index contributed by atoms with van der Waals surface area (Å²) in [6.07, 6.45) is 2.20. The standard InChI is InChI=1S/C24H39N3O4/c1-7-9-23(28)25-19-10-11-21-20(13-19)24(29)26(5)15-22(30-6)17(3)14-27(12-8-2)18(4)16-31-21/h10-11,13,17-18,22H,7-9,12,14-16H2,1-6H3,(H,25,28)/t17-,18-,22+/m1/s1. The highest BCUT2D eigenvalue weighted by Gasteiger charge is 2.28. The predicted octanol–water partition coefficient (Wildman–Crippen LogP) is 3.64. The van der Waals surface area contributed by atoms with Gasteiger partial charge in [0, 0.05) is 45.4 Å². The monoisotopic (exact) mass is 433 g/mol. The van der Waals surface area contributed by atoms with Crippen LogP contribution >= 0.6 is 0 Å². The third kappa shape index (κ3) is 6.94. The first kappa shape index (κ1) is 25.1. The van der Waals surface area contributed by atoms with Crippen molar-refractivity contribution < 1.29 is 19.1 Å². The smallest absolute Gasteiger partial charge is 0.257 e. The van der Waals surface area contributed by atoms with Gasteiger partial charge in [-0.3, -0.25) is 14.5 Å². The van der Waals surface area contributed by atoms with Crippen molar-refractivity contribution in [3.63, 3.8) is 0 Å². The molecule has 0 radical (unpaired) electrons. The van der Waals surface area contributed by atoms with Gasteiger partial charge in [0.25, 0.3) is 5.91 Å². The summed E-state index contributed by atoms with van der Waals surface area (Å²) in [5.74, 6) is 0.591. The molecule has 1 N–H and O–H groups in total. The van der Waals surface area contributed by atoms with Gasteiger partial charge in [-0.25, -0.2) is 0 Å². The zero-order chi connectivity index (χ0) is 23.0. The van der Waals surface area contributed by atoms with Gasteiger partial charge in [-0.2, -0.15) is 0 Å². The van der Waals surface area contributed by atoms with Gasteiger partial charge < -0.3 is 19.7 Å². The molecule has 1 aromatic carbocycles. The lowest BCUT2D eigenvalue weighted by atomic mass is 10.0. The molecule has 0 aliphatic carbocycles. The second-order valence-electron chi connectivity index (χ2n) is 8.60. The van der Waals surface area contributed by atoms with Crippen molar-refractivity contribution in [3.8, 4) is 5.75 Å². The van der Waals surface area contributed by atoms with Crippen molar-refractivity contribution in [2.45, 2.75) is 59.1 Å². The van der Waals surface area contributed by atoms with Gasteiger partial charge in [-0.15, -0.1) is 0 Å². The summed E-state index contributed by atoms with van der Waals surface area (Å²) in [6.45, 7) is 11.3. The van der Waals surface area contributed by atoms with Gasteiger partial charge in [0.15, 0.2) is 0 Å². The third-order valence-electron chi connectivity index (χ3n) is 5.85. The number of likely N-dealkylation sites (N-methyl/N-ethyl adjacent to an activating group) is 1. The van der Waals surface area contributed by atoms with E-state index >= 15 is 0 Å². The van der Waals surface area contributed by atoms with E-state index < -0.39 is 0 Å². The Bertz CT molecular complexity index is 740. The number of hydrogen-bond donors (Lipinski definition) is 1. The van der Waals surface area contributed by atoms with Crippen LogP contribution in [0.15, 0.2) is 18.2 Å². The number of nitrogens with one attached hydrogen (secondary N) is 1. The third-order valence-corrected chi connectivity index (χ3v) is 5.85. The van der Waals surface area contributed by atoms with E-state index in [1.807, 2.05) is 6.92 Å². The minimum Gasteiger partial charge on any atom is -0.491 e. The van der Waals surface area contributed by atoms with Crippen molar-refractivity contribution in [3.05, 3.63) is 23.8 Å². The maximum atomic E-state index is 13.3. The van der Waals surface area contributed by atoms with Gasteiger partial charge in [0.1, 0.15) is 12.4 Å². The van der Waals surface area contributed by atoms with Crippen LogP contribution in [0.25, 0.3) is 0 Å². The molecule has 2 amide bonds. The number of carbonyl (C=O) groups is 2. The number of amides is 2. The minimum atomic E-state index is -0.144. The Morgan fingerprint density at radius 3 is 2.61 bits per heavy atom. The van der Waals surface area contributed by atoms with Gasteiger partial charge >= 0.3 is 0 Å².